The summed E-state index contributed by atoms with van der Waals surface area (Å²) < 4.78 is 1.97. The van der Waals surface area contributed by atoms with E-state index in [9.17, 15) is 14.4 Å². The van der Waals surface area contributed by atoms with E-state index in [1.165, 1.54) is 11.3 Å². The van der Waals surface area contributed by atoms with Crippen LogP contribution in [0.3, 0.4) is 0 Å². The number of urea groups is 1. The molecule has 6 nitrogen and oxygen atoms in total. The van der Waals surface area contributed by atoms with Crippen molar-refractivity contribution in [3.63, 3.8) is 0 Å². The molecule has 0 radical (unpaired) electrons. The zero-order valence-corrected chi connectivity index (χ0v) is 15.9. The highest BCUT2D eigenvalue weighted by molar-refractivity contribution is 7.10. The minimum absolute atomic E-state index is 0.257. The average Bonchev–Trinajstić information content (AvgIpc) is 3.27. The van der Waals surface area contributed by atoms with Crippen molar-refractivity contribution in [1.29, 1.82) is 0 Å². The summed E-state index contributed by atoms with van der Waals surface area (Å²) >= 11 is 1.40. The Balaban J connectivity index is 1.84. The first-order valence-corrected chi connectivity index (χ1v) is 9.16. The number of thiophene rings is 1. The molecule has 1 aliphatic heterocycles. The van der Waals surface area contributed by atoms with Crippen LogP contribution in [0.1, 0.15) is 33.5 Å². The lowest BCUT2D eigenvalue weighted by atomic mass is 10.0. The molecule has 1 N–H and O–H groups in total. The Morgan fingerprint density at radius 2 is 2.12 bits per heavy atom. The number of nitrogens with zero attached hydrogens (tertiary/aromatic N) is 2. The van der Waals surface area contributed by atoms with Gasteiger partial charge in [-0.3, -0.25) is 14.5 Å². The van der Waals surface area contributed by atoms with Gasteiger partial charge < -0.3 is 9.88 Å². The number of ketones is 1. The Labute approximate surface area is 156 Å². The van der Waals surface area contributed by atoms with E-state index in [0.717, 1.165) is 21.2 Å². The molecule has 2 aromatic heterocycles. The molecule has 3 heterocycles. The van der Waals surface area contributed by atoms with Crippen LogP contribution < -0.4 is 5.32 Å². The Bertz CT molecular complexity index is 898. The average molecular weight is 371 g/mol. The van der Waals surface area contributed by atoms with Crippen LogP contribution in [-0.4, -0.2) is 33.7 Å². The van der Waals surface area contributed by atoms with Gasteiger partial charge in [0.15, 0.2) is 11.3 Å². The Morgan fingerprint density at radius 1 is 1.38 bits per heavy atom. The summed E-state index contributed by atoms with van der Waals surface area (Å²) in [7, 11) is 0. The number of nitrogens with one attached hydrogen (secondary N) is 1. The van der Waals surface area contributed by atoms with Crippen molar-refractivity contribution >= 4 is 29.1 Å². The highest BCUT2D eigenvalue weighted by Gasteiger charge is 2.50. The summed E-state index contributed by atoms with van der Waals surface area (Å²) in [4.78, 5) is 39.7. The minimum Gasteiger partial charge on any atom is -0.345 e. The number of allylic oxidation sites excluding steroid dienone is 1. The van der Waals surface area contributed by atoms with Crippen LogP contribution in [0.25, 0.3) is 0 Å². The molecule has 1 atom stereocenters. The van der Waals surface area contributed by atoms with Gasteiger partial charge in [0.25, 0.3) is 5.91 Å². The van der Waals surface area contributed by atoms with Gasteiger partial charge in [0.2, 0.25) is 0 Å². The molecule has 0 aromatic carbocycles. The predicted molar refractivity (Wildman–Crippen MR) is 100 cm³/mol. The van der Waals surface area contributed by atoms with Gasteiger partial charge in [-0.05, 0) is 38.3 Å². The molecule has 7 heteroatoms. The van der Waals surface area contributed by atoms with Gasteiger partial charge in [-0.15, -0.1) is 17.9 Å². The quantitative estimate of drug-likeness (QED) is 0.482. The highest BCUT2D eigenvalue weighted by Crippen LogP contribution is 2.32. The highest BCUT2D eigenvalue weighted by atomic mass is 32.1. The van der Waals surface area contributed by atoms with Crippen LogP contribution in [0.5, 0.6) is 0 Å². The SMILES string of the molecule is C=CCn1c(C)cc(C(=O)CN2C(=O)NC(C)(c3cccs3)C2=O)c1C. The first-order valence-electron chi connectivity index (χ1n) is 8.28. The lowest BCUT2D eigenvalue weighted by molar-refractivity contribution is -0.130. The molecule has 0 spiro atoms. The first kappa shape index (κ1) is 18.1. The Morgan fingerprint density at radius 3 is 2.73 bits per heavy atom. The van der Waals surface area contributed by atoms with E-state index in [2.05, 4.69) is 11.9 Å². The van der Waals surface area contributed by atoms with E-state index in [1.54, 1.807) is 25.1 Å². The van der Waals surface area contributed by atoms with E-state index in [4.69, 9.17) is 0 Å². The molecular weight excluding hydrogens is 350 g/mol. The third kappa shape index (κ3) is 2.78. The molecule has 2 aromatic rings. The number of Topliss-reactive ketones (excluding diaryl/α,β-unsaturated/α-hetero) is 1. The van der Waals surface area contributed by atoms with E-state index >= 15 is 0 Å². The molecule has 0 bridgehead atoms. The van der Waals surface area contributed by atoms with Crippen molar-refractivity contribution in [2.45, 2.75) is 32.9 Å². The molecule has 1 saturated heterocycles. The number of hydrogen-bond acceptors (Lipinski definition) is 4. The monoisotopic (exact) mass is 371 g/mol. The standard InChI is InChI=1S/C19H21N3O3S/c1-5-8-21-12(2)10-14(13(21)3)15(23)11-22-17(24)19(4,20-18(22)25)16-7-6-9-26-16/h5-7,9-10H,1,8,11H2,2-4H3,(H,20,25). The fraction of sp³-hybridized carbons (Fsp3) is 0.316. The number of imide groups is 1. The Hall–Kier alpha value is -2.67. The maximum Gasteiger partial charge on any atom is 0.325 e. The molecule has 3 rings (SSSR count). The molecule has 1 fully saturated rings. The third-order valence-corrected chi connectivity index (χ3v) is 5.87. The summed E-state index contributed by atoms with van der Waals surface area (Å²) in [5.74, 6) is -0.662. The zero-order chi connectivity index (χ0) is 19.1. The normalized spacial score (nSPS) is 19.7. The third-order valence-electron chi connectivity index (χ3n) is 4.78. The van der Waals surface area contributed by atoms with Crippen LogP contribution >= 0.6 is 11.3 Å². The van der Waals surface area contributed by atoms with E-state index < -0.39 is 17.5 Å². The minimum atomic E-state index is -1.12. The van der Waals surface area contributed by atoms with Gasteiger partial charge in [0.05, 0.1) is 6.54 Å². The first-order chi connectivity index (χ1) is 12.3. The lowest BCUT2D eigenvalue weighted by Crippen LogP contribution is -2.40. The summed E-state index contributed by atoms with van der Waals surface area (Å²) in [6.07, 6.45) is 1.76. The summed E-state index contributed by atoms with van der Waals surface area (Å²) in [6, 6.07) is 4.88. The van der Waals surface area contributed by atoms with Gasteiger partial charge in [0, 0.05) is 28.4 Å². The number of aromatic nitrogens is 1. The van der Waals surface area contributed by atoms with Gasteiger partial charge in [0.1, 0.15) is 0 Å². The van der Waals surface area contributed by atoms with E-state index in [1.807, 2.05) is 29.9 Å². The molecule has 26 heavy (non-hydrogen) atoms. The van der Waals surface area contributed by atoms with Gasteiger partial charge in [-0.1, -0.05) is 12.1 Å². The predicted octanol–water partition coefficient (Wildman–Crippen LogP) is 3.00. The number of amides is 3. The molecule has 0 aliphatic carbocycles. The van der Waals surface area contributed by atoms with Gasteiger partial charge in [-0.25, -0.2) is 4.79 Å². The van der Waals surface area contributed by atoms with Gasteiger partial charge in [-0.2, -0.15) is 0 Å². The lowest BCUT2D eigenvalue weighted by Gasteiger charge is -2.19. The number of carbonyl (C=O) groups excluding carboxylic acids is 3. The molecular formula is C19H21N3O3S. The molecule has 1 unspecified atom stereocenters. The van der Waals surface area contributed by atoms with Crippen LogP contribution in [-0.2, 0) is 16.9 Å². The maximum absolute atomic E-state index is 12.8. The summed E-state index contributed by atoms with van der Waals surface area (Å²) in [5.41, 5.74) is 1.15. The van der Waals surface area contributed by atoms with E-state index in [-0.39, 0.29) is 12.3 Å². The summed E-state index contributed by atoms with van der Waals surface area (Å²) in [5, 5.41) is 4.57. The molecule has 0 saturated carbocycles. The number of hydrogen-bond donors (Lipinski definition) is 1. The van der Waals surface area contributed by atoms with Crippen molar-refractivity contribution in [1.82, 2.24) is 14.8 Å². The van der Waals surface area contributed by atoms with Crippen molar-refractivity contribution in [2.75, 3.05) is 6.54 Å². The van der Waals surface area contributed by atoms with Crippen LogP contribution in [0.15, 0.2) is 36.2 Å². The fourth-order valence-corrected chi connectivity index (χ4v) is 4.13. The molecule has 1 aliphatic rings. The molecule has 3 amide bonds. The second-order valence-corrected chi connectivity index (χ2v) is 7.48. The molecule has 136 valence electrons. The topological polar surface area (TPSA) is 71.4 Å². The van der Waals surface area contributed by atoms with E-state index in [0.29, 0.717) is 12.1 Å². The number of carbonyl (C=O) groups is 3. The largest absolute Gasteiger partial charge is 0.345 e. The van der Waals surface area contributed by atoms with Crippen LogP contribution in [0.4, 0.5) is 4.79 Å². The second-order valence-electron chi connectivity index (χ2n) is 6.53. The number of aryl methyl sites for hydroxylation is 1. The van der Waals surface area contributed by atoms with Gasteiger partial charge >= 0.3 is 6.03 Å². The van der Waals surface area contributed by atoms with Crippen molar-refractivity contribution in [3.8, 4) is 0 Å². The number of rotatable bonds is 6. The van der Waals surface area contributed by atoms with Crippen LogP contribution in [0.2, 0.25) is 0 Å². The van der Waals surface area contributed by atoms with Crippen molar-refractivity contribution in [2.24, 2.45) is 0 Å². The Kier molecular flexibility index (Phi) is 4.58. The zero-order valence-electron chi connectivity index (χ0n) is 15.0. The van der Waals surface area contributed by atoms with Crippen LogP contribution in [0, 0.1) is 13.8 Å². The fourth-order valence-electron chi connectivity index (χ4n) is 3.29. The smallest absolute Gasteiger partial charge is 0.325 e. The van der Waals surface area contributed by atoms with Crippen molar-refractivity contribution < 1.29 is 14.4 Å². The second kappa shape index (κ2) is 6.57. The maximum atomic E-state index is 12.8. The van der Waals surface area contributed by atoms with Crippen molar-refractivity contribution in [3.05, 3.63) is 58.1 Å². The summed E-state index contributed by atoms with van der Waals surface area (Å²) in [6.45, 7) is 9.48.